The fourth-order valence-corrected chi connectivity index (χ4v) is 1.55. The summed E-state index contributed by atoms with van der Waals surface area (Å²) in [5.74, 6) is -0.401. The van der Waals surface area contributed by atoms with Crippen molar-refractivity contribution in [3.63, 3.8) is 0 Å². The first-order valence-corrected chi connectivity index (χ1v) is 5.72. The zero-order valence-corrected chi connectivity index (χ0v) is 11.2. The van der Waals surface area contributed by atoms with E-state index in [1.807, 2.05) is 6.92 Å². The number of hydrogen-bond donors (Lipinski definition) is 3. The SMILES string of the molecule is Cc1ccc(Cl)cc1C(=O)NC(C)(C)/C(N)=N/O. The van der Waals surface area contributed by atoms with E-state index in [1.165, 1.54) is 0 Å². The largest absolute Gasteiger partial charge is 0.409 e. The Morgan fingerprint density at radius 2 is 2.11 bits per heavy atom. The molecule has 4 N–H and O–H groups in total. The number of amides is 1. The summed E-state index contributed by atoms with van der Waals surface area (Å²) in [7, 11) is 0. The lowest BCUT2D eigenvalue weighted by Gasteiger charge is -2.24. The van der Waals surface area contributed by atoms with Gasteiger partial charge >= 0.3 is 0 Å². The van der Waals surface area contributed by atoms with E-state index in [1.54, 1.807) is 32.0 Å². The van der Waals surface area contributed by atoms with Gasteiger partial charge < -0.3 is 16.3 Å². The van der Waals surface area contributed by atoms with Crippen molar-refractivity contribution in [3.8, 4) is 0 Å². The number of nitrogens with one attached hydrogen (secondary N) is 1. The fraction of sp³-hybridized carbons (Fsp3) is 0.333. The highest BCUT2D eigenvalue weighted by Crippen LogP contribution is 2.16. The van der Waals surface area contributed by atoms with Crippen LogP contribution in [0.15, 0.2) is 23.4 Å². The summed E-state index contributed by atoms with van der Waals surface area (Å²) in [5, 5.41) is 14.7. The normalized spacial score (nSPS) is 12.3. The maximum Gasteiger partial charge on any atom is 0.252 e. The van der Waals surface area contributed by atoms with Gasteiger partial charge in [-0.3, -0.25) is 4.79 Å². The molecule has 18 heavy (non-hydrogen) atoms. The molecule has 1 amide bonds. The minimum Gasteiger partial charge on any atom is -0.409 e. The number of benzene rings is 1. The Bertz CT molecular complexity index is 498. The van der Waals surface area contributed by atoms with Crippen LogP contribution in [0.1, 0.15) is 29.8 Å². The molecule has 0 unspecified atom stereocenters. The maximum atomic E-state index is 12.1. The topological polar surface area (TPSA) is 87.7 Å². The van der Waals surface area contributed by atoms with Gasteiger partial charge in [-0.05, 0) is 38.5 Å². The molecule has 0 fully saturated rings. The predicted molar refractivity (Wildman–Crippen MR) is 71.1 cm³/mol. The number of halogens is 1. The van der Waals surface area contributed by atoms with Gasteiger partial charge in [-0.1, -0.05) is 22.8 Å². The molecule has 6 heteroatoms. The zero-order chi connectivity index (χ0) is 13.9. The molecule has 0 bridgehead atoms. The van der Waals surface area contributed by atoms with Gasteiger partial charge in [0.2, 0.25) is 0 Å². The molecule has 0 aliphatic heterocycles. The van der Waals surface area contributed by atoms with Crippen molar-refractivity contribution in [2.45, 2.75) is 26.3 Å². The number of oxime groups is 1. The first-order chi connectivity index (χ1) is 8.27. The van der Waals surface area contributed by atoms with E-state index in [0.29, 0.717) is 10.6 Å². The molecule has 1 aromatic rings. The molecule has 0 heterocycles. The van der Waals surface area contributed by atoms with Gasteiger partial charge in [-0.2, -0.15) is 0 Å². The molecule has 0 radical (unpaired) electrons. The number of nitrogens with two attached hydrogens (primary N) is 1. The summed E-state index contributed by atoms with van der Waals surface area (Å²) >= 11 is 5.85. The third-order valence-corrected chi connectivity index (χ3v) is 2.85. The van der Waals surface area contributed by atoms with Crippen LogP contribution in [-0.4, -0.2) is 22.5 Å². The van der Waals surface area contributed by atoms with E-state index in [0.717, 1.165) is 5.56 Å². The highest BCUT2D eigenvalue weighted by Gasteiger charge is 2.26. The number of carbonyl (C=O) groups is 1. The number of amidine groups is 1. The van der Waals surface area contributed by atoms with Gasteiger partial charge in [-0.25, -0.2) is 0 Å². The second-order valence-electron chi connectivity index (χ2n) is 4.52. The lowest BCUT2D eigenvalue weighted by molar-refractivity contribution is 0.0930. The minimum absolute atomic E-state index is 0.0736. The van der Waals surface area contributed by atoms with Crippen LogP contribution in [0.2, 0.25) is 5.02 Å². The molecule has 0 aliphatic rings. The monoisotopic (exact) mass is 269 g/mol. The maximum absolute atomic E-state index is 12.1. The molecular formula is C12H16ClN3O2. The van der Waals surface area contributed by atoms with E-state index in [2.05, 4.69) is 10.5 Å². The zero-order valence-electron chi connectivity index (χ0n) is 10.5. The minimum atomic E-state index is -0.944. The summed E-state index contributed by atoms with van der Waals surface area (Å²) in [6.07, 6.45) is 0. The van der Waals surface area contributed by atoms with Crippen molar-refractivity contribution < 1.29 is 10.0 Å². The third-order valence-electron chi connectivity index (χ3n) is 2.62. The number of nitrogens with zero attached hydrogens (tertiary/aromatic N) is 1. The van der Waals surface area contributed by atoms with Gasteiger partial charge in [0.25, 0.3) is 5.91 Å². The van der Waals surface area contributed by atoms with Gasteiger partial charge in [0.05, 0.1) is 5.54 Å². The first-order valence-electron chi connectivity index (χ1n) is 5.34. The van der Waals surface area contributed by atoms with Crippen LogP contribution in [0, 0.1) is 6.92 Å². The van der Waals surface area contributed by atoms with Crippen molar-refractivity contribution in [2.24, 2.45) is 10.9 Å². The van der Waals surface area contributed by atoms with Crippen LogP contribution in [0.3, 0.4) is 0 Å². The van der Waals surface area contributed by atoms with Crippen LogP contribution in [0.4, 0.5) is 0 Å². The Morgan fingerprint density at radius 1 is 1.50 bits per heavy atom. The fourth-order valence-electron chi connectivity index (χ4n) is 1.38. The highest BCUT2D eigenvalue weighted by molar-refractivity contribution is 6.31. The molecule has 0 saturated carbocycles. The van der Waals surface area contributed by atoms with Crippen LogP contribution in [0.25, 0.3) is 0 Å². The predicted octanol–water partition coefficient (Wildman–Crippen LogP) is 1.90. The quantitative estimate of drug-likeness (QED) is 0.339. The Balaban J connectivity index is 2.99. The van der Waals surface area contributed by atoms with Crippen molar-refractivity contribution in [1.82, 2.24) is 5.32 Å². The number of aryl methyl sites for hydroxylation is 1. The van der Waals surface area contributed by atoms with Gasteiger partial charge in [-0.15, -0.1) is 0 Å². The average molecular weight is 270 g/mol. The van der Waals surface area contributed by atoms with E-state index < -0.39 is 5.54 Å². The summed E-state index contributed by atoms with van der Waals surface area (Å²) in [5.41, 5.74) is 5.82. The number of carbonyl (C=O) groups excluding carboxylic acids is 1. The van der Waals surface area contributed by atoms with E-state index >= 15 is 0 Å². The molecule has 0 aliphatic carbocycles. The van der Waals surface area contributed by atoms with Crippen molar-refractivity contribution >= 4 is 23.3 Å². The summed E-state index contributed by atoms with van der Waals surface area (Å²) in [4.78, 5) is 12.1. The average Bonchev–Trinajstić information content (AvgIpc) is 2.30. The van der Waals surface area contributed by atoms with Crippen LogP contribution < -0.4 is 11.1 Å². The molecule has 98 valence electrons. The lowest BCUT2D eigenvalue weighted by atomic mass is 10.0. The molecule has 1 rings (SSSR count). The Labute approximate surface area is 111 Å². The van der Waals surface area contributed by atoms with E-state index in [4.69, 9.17) is 22.5 Å². The molecule has 0 aromatic heterocycles. The first kappa shape index (κ1) is 14.3. The molecule has 0 saturated heterocycles. The highest BCUT2D eigenvalue weighted by atomic mass is 35.5. The summed E-state index contributed by atoms with van der Waals surface area (Å²) in [6, 6.07) is 5.05. The van der Waals surface area contributed by atoms with Crippen LogP contribution in [0.5, 0.6) is 0 Å². The van der Waals surface area contributed by atoms with Gasteiger partial charge in [0, 0.05) is 10.6 Å². The van der Waals surface area contributed by atoms with Gasteiger partial charge in [0.1, 0.15) is 0 Å². The van der Waals surface area contributed by atoms with Crippen LogP contribution in [-0.2, 0) is 0 Å². The van der Waals surface area contributed by atoms with Crippen molar-refractivity contribution in [3.05, 3.63) is 34.3 Å². The van der Waals surface area contributed by atoms with Crippen LogP contribution >= 0.6 is 11.6 Å². The van der Waals surface area contributed by atoms with E-state index in [9.17, 15) is 4.79 Å². The molecule has 1 aromatic carbocycles. The second kappa shape index (κ2) is 5.27. The summed E-state index contributed by atoms with van der Waals surface area (Å²) in [6.45, 7) is 5.08. The Morgan fingerprint density at radius 3 is 2.67 bits per heavy atom. The van der Waals surface area contributed by atoms with Gasteiger partial charge in [0.15, 0.2) is 5.84 Å². The molecule has 0 atom stereocenters. The standard InChI is InChI=1S/C12H16ClN3O2/c1-7-4-5-8(13)6-9(7)10(17)15-12(2,3)11(14)16-18/h4-6,18H,1-3H3,(H2,14,16)(H,15,17). The third kappa shape index (κ3) is 3.13. The second-order valence-corrected chi connectivity index (χ2v) is 4.96. The Kier molecular flexibility index (Phi) is 4.19. The summed E-state index contributed by atoms with van der Waals surface area (Å²) < 4.78 is 0. The van der Waals surface area contributed by atoms with Crippen molar-refractivity contribution in [1.29, 1.82) is 0 Å². The smallest absolute Gasteiger partial charge is 0.252 e. The Hall–Kier alpha value is -1.75. The number of rotatable bonds is 3. The molecule has 5 nitrogen and oxygen atoms in total. The molecule has 0 spiro atoms. The van der Waals surface area contributed by atoms with Crippen molar-refractivity contribution in [2.75, 3.05) is 0 Å². The molecular weight excluding hydrogens is 254 g/mol. The van der Waals surface area contributed by atoms with E-state index in [-0.39, 0.29) is 11.7 Å². The number of hydrogen-bond acceptors (Lipinski definition) is 3. The lowest BCUT2D eigenvalue weighted by Crippen LogP contribution is -2.53.